The maximum atomic E-state index is 13.0. The maximum absolute atomic E-state index is 13.0. The van der Waals surface area contributed by atoms with Gasteiger partial charge in [0.2, 0.25) is 5.91 Å². The number of rotatable bonds is 4. The number of amides is 1. The van der Waals surface area contributed by atoms with Crippen LogP contribution in [0.1, 0.15) is 38.3 Å². The summed E-state index contributed by atoms with van der Waals surface area (Å²) in [5.41, 5.74) is 7.21. The molecule has 3 N–H and O–H groups in total. The number of carbonyl (C=O) groups is 1. The molecular formula is C18H20N6O. The molecule has 4 rings (SSSR count). The molecule has 0 unspecified atom stereocenters. The van der Waals surface area contributed by atoms with Gasteiger partial charge in [-0.15, -0.1) is 0 Å². The van der Waals surface area contributed by atoms with E-state index in [9.17, 15) is 4.79 Å². The van der Waals surface area contributed by atoms with Crippen molar-refractivity contribution >= 4 is 28.6 Å². The Morgan fingerprint density at radius 2 is 1.96 bits per heavy atom. The predicted octanol–water partition coefficient (Wildman–Crippen LogP) is 2.66. The van der Waals surface area contributed by atoms with Gasteiger partial charge in [-0.1, -0.05) is 30.3 Å². The first kappa shape index (κ1) is 15.6. The first-order chi connectivity index (χ1) is 12.0. The van der Waals surface area contributed by atoms with Crippen molar-refractivity contribution in [2.24, 2.45) is 0 Å². The van der Waals surface area contributed by atoms with Gasteiger partial charge in [-0.2, -0.15) is 5.10 Å². The van der Waals surface area contributed by atoms with Gasteiger partial charge in [-0.3, -0.25) is 4.79 Å². The number of benzene rings is 1. The normalized spacial score (nSPS) is 15.5. The molecule has 1 aliphatic carbocycles. The molecule has 2 heterocycles. The number of aromatic nitrogens is 4. The summed E-state index contributed by atoms with van der Waals surface area (Å²) in [4.78, 5) is 21.3. The molecule has 0 radical (unpaired) electrons. The summed E-state index contributed by atoms with van der Waals surface area (Å²) in [6, 6.07) is 9.94. The first-order valence-electron chi connectivity index (χ1n) is 8.38. The summed E-state index contributed by atoms with van der Waals surface area (Å²) in [6.45, 7) is 4.01. The third-order valence-corrected chi connectivity index (χ3v) is 4.75. The summed E-state index contributed by atoms with van der Waals surface area (Å²) in [7, 11) is 0. The second-order valence-electron chi connectivity index (χ2n) is 6.75. The molecule has 0 bridgehead atoms. The van der Waals surface area contributed by atoms with E-state index in [1.165, 1.54) is 6.33 Å². The molecule has 1 amide bonds. The van der Waals surface area contributed by atoms with Gasteiger partial charge in [-0.05, 0) is 32.3 Å². The van der Waals surface area contributed by atoms with Gasteiger partial charge in [0.25, 0.3) is 0 Å². The third kappa shape index (κ3) is 2.43. The highest BCUT2D eigenvalue weighted by Gasteiger charge is 2.51. The minimum atomic E-state index is -0.473. The lowest BCUT2D eigenvalue weighted by Crippen LogP contribution is -2.28. The smallest absolute Gasteiger partial charge is 0.236 e. The summed E-state index contributed by atoms with van der Waals surface area (Å²) in [5, 5.41) is 8.09. The van der Waals surface area contributed by atoms with Gasteiger partial charge in [0.15, 0.2) is 11.5 Å². The maximum Gasteiger partial charge on any atom is 0.236 e. The van der Waals surface area contributed by atoms with Gasteiger partial charge in [0.05, 0.1) is 5.41 Å². The summed E-state index contributed by atoms with van der Waals surface area (Å²) < 4.78 is 1.76. The first-order valence-corrected chi connectivity index (χ1v) is 8.38. The second-order valence-corrected chi connectivity index (χ2v) is 6.75. The van der Waals surface area contributed by atoms with E-state index >= 15 is 0 Å². The van der Waals surface area contributed by atoms with Crippen molar-refractivity contribution in [1.29, 1.82) is 0 Å². The Labute approximate surface area is 145 Å². The molecule has 0 saturated heterocycles. The SMILES string of the molecule is CC(C)n1nc(NC(=O)C2(c3ccccc3)CC2)c2c(N)ncnc21. The van der Waals surface area contributed by atoms with E-state index in [-0.39, 0.29) is 11.9 Å². The zero-order valence-electron chi connectivity index (χ0n) is 14.2. The Balaban J connectivity index is 1.73. The van der Waals surface area contributed by atoms with Crippen molar-refractivity contribution in [3.63, 3.8) is 0 Å². The van der Waals surface area contributed by atoms with Crippen LogP contribution in [-0.4, -0.2) is 25.7 Å². The zero-order chi connectivity index (χ0) is 17.6. The number of fused-ring (bicyclic) bond motifs is 1. The quantitative estimate of drug-likeness (QED) is 0.763. The number of hydrogen-bond acceptors (Lipinski definition) is 5. The highest BCUT2D eigenvalue weighted by Crippen LogP contribution is 2.49. The molecule has 0 atom stereocenters. The van der Waals surface area contributed by atoms with Crippen LogP contribution in [0, 0.1) is 0 Å². The number of nitrogens with one attached hydrogen (secondary N) is 1. The van der Waals surface area contributed by atoms with Gasteiger partial charge in [0.1, 0.15) is 17.5 Å². The molecular weight excluding hydrogens is 316 g/mol. The molecule has 128 valence electrons. The number of hydrogen-bond donors (Lipinski definition) is 2. The summed E-state index contributed by atoms with van der Waals surface area (Å²) in [5.74, 6) is 0.683. The van der Waals surface area contributed by atoms with Crippen LogP contribution in [0.4, 0.5) is 11.6 Å². The minimum Gasteiger partial charge on any atom is -0.383 e. The largest absolute Gasteiger partial charge is 0.383 e. The molecule has 1 aromatic carbocycles. The van der Waals surface area contributed by atoms with E-state index in [2.05, 4.69) is 20.4 Å². The highest BCUT2D eigenvalue weighted by molar-refractivity contribution is 6.07. The van der Waals surface area contributed by atoms with Crippen LogP contribution in [0.25, 0.3) is 11.0 Å². The fraction of sp³-hybridized carbons (Fsp3) is 0.333. The fourth-order valence-corrected chi connectivity index (χ4v) is 3.20. The lowest BCUT2D eigenvalue weighted by atomic mass is 9.95. The van der Waals surface area contributed by atoms with Crippen LogP contribution in [0.2, 0.25) is 0 Å². The Hall–Kier alpha value is -2.96. The minimum absolute atomic E-state index is 0.0581. The number of nitrogen functional groups attached to an aromatic ring is 1. The van der Waals surface area contributed by atoms with Crippen molar-refractivity contribution in [2.45, 2.75) is 38.1 Å². The van der Waals surface area contributed by atoms with Crippen LogP contribution < -0.4 is 11.1 Å². The van der Waals surface area contributed by atoms with E-state index in [0.717, 1.165) is 18.4 Å². The average molecular weight is 336 g/mol. The molecule has 7 nitrogen and oxygen atoms in total. The molecule has 0 spiro atoms. The molecule has 1 saturated carbocycles. The number of anilines is 2. The molecule has 25 heavy (non-hydrogen) atoms. The van der Waals surface area contributed by atoms with Crippen molar-refractivity contribution in [1.82, 2.24) is 19.7 Å². The Kier molecular flexibility index (Phi) is 3.45. The van der Waals surface area contributed by atoms with Gasteiger partial charge < -0.3 is 11.1 Å². The third-order valence-electron chi connectivity index (χ3n) is 4.75. The number of nitrogens with zero attached hydrogens (tertiary/aromatic N) is 4. The highest BCUT2D eigenvalue weighted by atomic mass is 16.2. The van der Waals surface area contributed by atoms with Crippen LogP contribution >= 0.6 is 0 Å². The Morgan fingerprint density at radius 1 is 1.24 bits per heavy atom. The molecule has 3 aromatic rings. The van der Waals surface area contributed by atoms with Crippen LogP contribution in [-0.2, 0) is 10.2 Å². The van der Waals surface area contributed by atoms with Gasteiger partial charge in [0, 0.05) is 6.04 Å². The van der Waals surface area contributed by atoms with Crippen molar-refractivity contribution in [3.8, 4) is 0 Å². The van der Waals surface area contributed by atoms with Crippen LogP contribution in [0.3, 0.4) is 0 Å². The van der Waals surface area contributed by atoms with E-state index in [1.807, 2.05) is 44.2 Å². The molecule has 0 aliphatic heterocycles. The van der Waals surface area contributed by atoms with E-state index in [4.69, 9.17) is 5.73 Å². The van der Waals surface area contributed by atoms with Gasteiger partial charge in [-0.25, -0.2) is 14.6 Å². The topological polar surface area (TPSA) is 98.7 Å². The Morgan fingerprint density at radius 3 is 2.60 bits per heavy atom. The lowest BCUT2D eigenvalue weighted by molar-refractivity contribution is -0.118. The molecule has 1 fully saturated rings. The van der Waals surface area contributed by atoms with E-state index < -0.39 is 5.41 Å². The molecule has 2 aromatic heterocycles. The standard InChI is InChI=1S/C18H20N6O/c1-11(2)24-16-13(14(19)20-10-21-16)15(23-24)22-17(25)18(8-9-18)12-6-4-3-5-7-12/h3-7,10-11H,8-9H2,1-2H3,(H2,19,20,21)(H,22,23,25). The predicted molar refractivity (Wildman–Crippen MR) is 96.1 cm³/mol. The van der Waals surface area contributed by atoms with Crippen LogP contribution in [0.15, 0.2) is 36.7 Å². The average Bonchev–Trinajstić information content (AvgIpc) is 3.34. The monoisotopic (exact) mass is 336 g/mol. The van der Waals surface area contributed by atoms with Gasteiger partial charge >= 0.3 is 0 Å². The summed E-state index contributed by atoms with van der Waals surface area (Å²) in [6.07, 6.45) is 3.07. The lowest BCUT2D eigenvalue weighted by Gasteiger charge is -2.14. The second kappa shape index (κ2) is 5.54. The Bertz CT molecular complexity index is 943. The summed E-state index contributed by atoms with van der Waals surface area (Å²) >= 11 is 0. The van der Waals surface area contributed by atoms with E-state index in [1.54, 1.807) is 4.68 Å². The number of nitrogens with two attached hydrogens (primary N) is 1. The zero-order valence-corrected chi connectivity index (χ0v) is 14.2. The van der Waals surface area contributed by atoms with E-state index in [0.29, 0.717) is 22.7 Å². The van der Waals surface area contributed by atoms with Crippen molar-refractivity contribution in [3.05, 3.63) is 42.2 Å². The fourth-order valence-electron chi connectivity index (χ4n) is 3.20. The number of carbonyl (C=O) groups excluding carboxylic acids is 1. The van der Waals surface area contributed by atoms with Crippen molar-refractivity contribution in [2.75, 3.05) is 11.1 Å². The van der Waals surface area contributed by atoms with Crippen molar-refractivity contribution < 1.29 is 4.79 Å². The molecule has 7 heteroatoms. The molecule has 1 aliphatic rings. The van der Waals surface area contributed by atoms with Crippen LogP contribution in [0.5, 0.6) is 0 Å².